The number of nitrogens with two attached hydrogens (primary N) is 1. The Balaban J connectivity index is 1.70. The standard InChI is InChI=1S/C20H26N2O/c1-22(15-9-8-12-17-10-4-2-5-11-17)20(23)19(21)16-18-13-6-3-7-14-18/h2-7,10-11,13-14,19H,8-9,12,15-16,21H2,1H3. The fourth-order valence-corrected chi connectivity index (χ4v) is 2.67. The van der Waals surface area contributed by atoms with E-state index in [2.05, 4.69) is 24.3 Å². The van der Waals surface area contributed by atoms with E-state index in [9.17, 15) is 4.79 Å². The number of hydrogen-bond acceptors (Lipinski definition) is 2. The molecular weight excluding hydrogens is 284 g/mol. The maximum Gasteiger partial charge on any atom is 0.239 e. The van der Waals surface area contributed by atoms with Crippen molar-refractivity contribution in [2.24, 2.45) is 5.73 Å². The third-order valence-electron chi connectivity index (χ3n) is 4.04. The molecule has 0 aliphatic heterocycles. The number of aryl methyl sites for hydroxylation is 1. The Morgan fingerprint density at radius 1 is 0.957 bits per heavy atom. The van der Waals surface area contributed by atoms with Crippen LogP contribution in [0.2, 0.25) is 0 Å². The second-order valence-electron chi connectivity index (χ2n) is 6.00. The van der Waals surface area contributed by atoms with Crippen LogP contribution in [0.25, 0.3) is 0 Å². The van der Waals surface area contributed by atoms with Crippen molar-refractivity contribution in [2.45, 2.75) is 31.7 Å². The molecule has 23 heavy (non-hydrogen) atoms. The van der Waals surface area contributed by atoms with Crippen LogP contribution >= 0.6 is 0 Å². The van der Waals surface area contributed by atoms with E-state index in [0.29, 0.717) is 6.42 Å². The zero-order valence-electron chi connectivity index (χ0n) is 13.8. The monoisotopic (exact) mass is 310 g/mol. The summed E-state index contributed by atoms with van der Waals surface area (Å²) in [5.41, 5.74) is 8.51. The predicted octanol–water partition coefficient (Wildman–Crippen LogP) is 3.04. The van der Waals surface area contributed by atoms with Crippen molar-refractivity contribution in [2.75, 3.05) is 13.6 Å². The Hall–Kier alpha value is -2.13. The van der Waals surface area contributed by atoms with Crippen LogP contribution in [0.5, 0.6) is 0 Å². The second-order valence-corrected chi connectivity index (χ2v) is 6.00. The molecule has 0 saturated heterocycles. The van der Waals surface area contributed by atoms with E-state index < -0.39 is 6.04 Å². The summed E-state index contributed by atoms with van der Waals surface area (Å²) in [5, 5.41) is 0. The molecule has 0 heterocycles. The summed E-state index contributed by atoms with van der Waals surface area (Å²) in [4.78, 5) is 14.1. The van der Waals surface area contributed by atoms with E-state index in [1.165, 1.54) is 5.56 Å². The Labute approximate surface area is 139 Å². The Bertz CT molecular complexity index is 583. The van der Waals surface area contributed by atoms with Gasteiger partial charge in [0.15, 0.2) is 0 Å². The van der Waals surface area contributed by atoms with Gasteiger partial charge in [-0.15, -0.1) is 0 Å². The SMILES string of the molecule is CN(CCCCc1ccccc1)C(=O)C(N)Cc1ccccc1. The molecule has 0 radical (unpaired) electrons. The average Bonchev–Trinajstić information content (AvgIpc) is 2.59. The number of carbonyl (C=O) groups excluding carboxylic acids is 1. The number of amides is 1. The number of unbranched alkanes of at least 4 members (excludes halogenated alkanes) is 1. The maximum absolute atomic E-state index is 12.3. The van der Waals surface area contributed by atoms with Crippen molar-refractivity contribution in [3.63, 3.8) is 0 Å². The molecule has 0 fully saturated rings. The first kappa shape index (κ1) is 17.2. The molecule has 2 aromatic rings. The van der Waals surface area contributed by atoms with Crippen LogP contribution in [0.1, 0.15) is 24.0 Å². The molecule has 2 aromatic carbocycles. The third kappa shape index (κ3) is 5.87. The van der Waals surface area contributed by atoms with Crippen molar-refractivity contribution in [3.05, 3.63) is 71.8 Å². The molecule has 122 valence electrons. The number of likely N-dealkylation sites (N-methyl/N-ethyl adjacent to an activating group) is 1. The first-order valence-electron chi connectivity index (χ1n) is 8.25. The minimum atomic E-state index is -0.462. The lowest BCUT2D eigenvalue weighted by Crippen LogP contribution is -2.43. The van der Waals surface area contributed by atoms with Gasteiger partial charge >= 0.3 is 0 Å². The Morgan fingerprint density at radius 2 is 1.52 bits per heavy atom. The summed E-state index contributed by atoms with van der Waals surface area (Å²) in [6.45, 7) is 0.758. The van der Waals surface area contributed by atoms with Crippen LogP contribution in [0.4, 0.5) is 0 Å². The van der Waals surface area contributed by atoms with Crippen LogP contribution in [0.15, 0.2) is 60.7 Å². The van der Waals surface area contributed by atoms with E-state index in [4.69, 9.17) is 5.73 Å². The summed E-state index contributed by atoms with van der Waals surface area (Å²) < 4.78 is 0. The van der Waals surface area contributed by atoms with Gasteiger partial charge in [0.25, 0.3) is 0 Å². The van der Waals surface area contributed by atoms with Gasteiger partial charge in [-0.05, 0) is 36.8 Å². The van der Waals surface area contributed by atoms with Gasteiger partial charge in [0.1, 0.15) is 0 Å². The molecule has 1 atom stereocenters. The molecule has 1 amide bonds. The normalized spacial score (nSPS) is 11.9. The Kier molecular flexibility index (Phi) is 6.82. The lowest BCUT2D eigenvalue weighted by molar-refractivity contribution is -0.131. The Morgan fingerprint density at radius 3 is 2.13 bits per heavy atom. The molecule has 3 heteroatoms. The van der Waals surface area contributed by atoms with Gasteiger partial charge in [-0.25, -0.2) is 0 Å². The molecule has 0 saturated carbocycles. The number of hydrogen-bond donors (Lipinski definition) is 1. The van der Waals surface area contributed by atoms with Crippen LogP contribution < -0.4 is 5.73 Å². The van der Waals surface area contributed by atoms with Gasteiger partial charge in [0.05, 0.1) is 6.04 Å². The van der Waals surface area contributed by atoms with E-state index in [-0.39, 0.29) is 5.91 Å². The van der Waals surface area contributed by atoms with Gasteiger partial charge in [-0.2, -0.15) is 0 Å². The highest BCUT2D eigenvalue weighted by molar-refractivity contribution is 5.81. The van der Waals surface area contributed by atoms with E-state index >= 15 is 0 Å². The smallest absolute Gasteiger partial charge is 0.239 e. The summed E-state index contributed by atoms with van der Waals surface area (Å²) in [5.74, 6) is 0.0218. The van der Waals surface area contributed by atoms with Crippen molar-refractivity contribution < 1.29 is 4.79 Å². The molecule has 3 nitrogen and oxygen atoms in total. The molecule has 0 spiro atoms. The van der Waals surface area contributed by atoms with Gasteiger partial charge in [0, 0.05) is 13.6 Å². The van der Waals surface area contributed by atoms with Crippen molar-refractivity contribution in [3.8, 4) is 0 Å². The van der Waals surface area contributed by atoms with E-state index in [1.807, 2.05) is 43.4 Å². The number of benzene rings is 2. The van der Waals surface area contributed by atoms with Crippen LogP contribution in [0.3, 0.4) is 0 Å². The minimum Gasteiger partial charge on any atom is -0.344 e. The third-order valence-corrected chi connectivity index (χ3v) is 4.04. The van der Waals surface area contributed by atoms with Gasteiger partial charge < -0.3 is 10.6 Å². The summed E-state index contributed by atoms with van der Waals surface area (Å²) >= 11 is 0. The second kappa shape index (κ2) is 9.11. The quantitative estimate of drug-likeness (QED) is 0.762. The molecule has 1 unspecified atom stereocenters. The topological polar surface area (TPSA) is 46.3 Å². The summed E-state index contributed by atoms with van der Waals surface area (Å²) in [6.07, 6.45) is 3.72. The van der Waals surface area contributed by atoms with E-state index in [1.54, 1.807) is 4.90 Å². The summed E-state index contributed by atoms with van der Waals surface area (Å²) in [6, 6.07) is 19.9. The van der Waals surface area contributed by atoms with Gasteiger partial charge in [-0.3, -0.25) is 4.79 Å². The lowest BCUT2D eigenvalue weighted by Gasteiger charge is -2.21. The number of rotatable bonds is 8. The fraction of sp³-hybridized carbons (Fsp3) is 0.350. The molecule has 2 rings (SSSR count). The van der Waals surface area contributed by atoms with Crippen molar-refractivity contribution >= 4 is 5.91 Å². The number of nitrogens with zero attached hydrogens (tertiary/aromatic N) is 1. The first-order chi connectivity index (χ1) is 11.2. The molecule has 0 aliphatic rings. The zero-order valence-corrected chi connectivity index (χ0v) is 13.8. The van der Waals surface area contributed by atoms with Crippen LogP contribution in [-0.4, -0.2) is 30.4 Å². The van der Waals surface area contributed by atoms with Gasteiger partial charge in [0.2, 0.25) is 5.91 Å². The summed E-state index contributed by atoms with van der Waals surface area (Å²) in [7, 11) is 1.84. The van der Waals surface area contributed by atoms with Crippen molar-refractivity contribution in [1.82, 2.24) is 4.90 Å². The molecule has 0 bridgehead atoms. The van der Waals surface area contributed by atoms with Gasteiger partial charge in [-0.1, -0.05) is 60.7 Å². The largest absolute Gasteiger partial charge is 0.344 e. The molecule has 0 aliphatic carbocycles. The first-order valence-corrected chi connectivity index (χ1v) is 8.25. The van der Waals surface area contributed by atoms with Crippen molar-refractivity contribution in [1.29, 1.82) is 0 Å². The lowest BCUT2D eigenvalue weighted by atomic mass is 10.1. The van der Waals surface area contributed by atoms with Crippen LogP contribution in [0, 0.1) is 0 Å². The highest BCUT2D eigenvalue weighted by Gasteiger charge is 2.17. The molecule has 2 N–H and O–H groups in total. The fourth-order valence-electron chi connectivity index (χ4n) is 2.67. The predicted molar refractivity (Wildman–Crippen MR) is 95.1 cm³/mol. The van der Waals surface area contributed by atoms with E-state index in [0.717, 1.165) is 31.4 Å². The zero-order chi connectivity index (χ0) is 16.5. The maximum atomic E-state index is 12.3. The highest BCUT2D eigenvalue weighted by Crippen LogP contribution is 2.07. The minimum absolute atomic E-state index is 0.0218. The number of carbonyl (C=O) groups is 1. The molecule has 0 aromatic heterocycles. The molecular formula is C20H26N2O. The average molecular weight is 310 g/mol. The van der Waals surface area contributed by atoms with Crippen LogP contribution in [-0.2, 0) is 17.6 Å². The highest BCUT2D eigenvalue weighted by atomic mass is 16.2.